The minimum atomic E-state index is -0.767. The van der Waals surface area contributed by atoms with Crippen molar-refractivity contribution in [3.05, 3.63) is 36.0 Å². The van der Waals surface area contributed by atoms with Gasteiger partial charge in [0.05, 0.1) is 26.0 Å². The molecule has 0 saturated heterocycles. The Kier molecular flexibility index (Phi) is 3.57. The molecule has 3 rings (SSSR count). The van der Waals surface area contributed by atoms with Crippen LogP contribution in [0, 0.1) is 5.82 Å². The smallest absolute Gasteiger partial charge is 0.360 e. The number of anilines is 1. The number of halogens is 1. The maximum Gasteiger partial charge on any atom is 0.360 e. The van der Waals surface area contributed by atoms with E-state index >= 15 is 0 Å². The van der Waals surface area contributed by atoms with E-state index < -0.39 is 11.8 Å². The van der Waals surface area contributed by atoms with Crippen LogP contribution in [-0.4, -0.2) is 30.2 Å². The fourth-order valence-electron chi connectivity index (χ4n) is 2.19. The summed E-state index contributed by atoms with van der Waals surface area (Å²) >= 11 is 0. The van der Waals surface area contributed by atoms with Crippen molar-refractivity contribution in [1.29, 1.82) is 0 Å². The molecule has 23 heavy (non-hydrogen) atoms. The molecule has 0 fully saturated rings. The molecule has 7 nitrogen and oxygen atoms in total. The van der Waals surface area contributed by atoms with Gasteiger partial charge < -0.3 is 19.6 Å². The number of esters is 1. The van der Waals surface area contributed by atoms with Crippen LogP contribution >= 0.6 is 0 Å². The molecule has 2 aromatic heterocycles. The van der Waals surface area contributed by atoms with Crippen molar-refractivity contribution in [1.82, 2.24) is 9.97 Å². The number of furan rings is 1. The SMILES string of the molecule is COC(=O)c1nc(-c2ccc3ccoc3c2F)nc(N)c1OC. The van der Waals surface area contributed by atoms with E-state index in [4.69, 9.17) is 14.9 Å². The van der Waals surface area contributed by atoms with Crippen LogP contribution in [0.15, 0.2) is 28.9 Å². The van der Waals surface area contributed by atoms with Gasteiger partial charge in [0.15, 0.2) is 34.5 Å². The van der Waals surface area contributed by atoms with E-state index in [1.165, 1.54) is 26.5 Å². The zero-order chi connectivity index (χ0) is 16.6. The van der Waals surface area contributed by atoms with Gasteiger partial charge in [0.2, 0.25) is 0 Å². The number of hydrogen-bond acceptors (Lipinski definition) is 7. The van der Waals surface area contributed by atoms with Gasteiger partial charge in [-0.15, -0.1) is 0 Å². The van der Waals surface area contributed by atoms with Gasteiger partial charge in [-0.05, 0) is 12.1 Å². The van der Waals surface area contributed by atoms with Crippen molar-refractivity contribution in [2.45, 2.75) is 0 Å². The van der Waals surface area contributed by atoms with Gasteiger partial charge >= 0.3 is 5.97 Å². The number of nitrogens with zero attached hydrogens (tertiary/aromatic N) is 2. The number of hydrogen-bond donors (Lipinski definition) is 1. The van der Waals surface area contributed by atoms with Gasteiger partial charge in [-0.25, -0.2) is 19.2 Å². The Morgan fingerprint density at radius 2 is 2.04 bits per heavy atom. The van der Waals surface area contributed by atoms with Crippen molar-refractivity contribution in [2.24, 2.45) is 0 Å². The maximum absolute atomic E-state index is 14.6. The van der Waals surface area contributed by atoms with Crippen LogP contribution in [0.3, 0.4) is 0 Å². The summed E-state index contributed by atoms with van der Waals surface area (Å²) in [5.74, 6) is -1.61. The summed E-state index contributed by atoms with van der Waals surface area (Å²) in [7, 11) is 2.51. The number of nitrogen functional groups attached to an aromatic ring is 1. The van der Waals surface area contributed by atoms with Crippen molar-refractivity contribution < 1.29 is 23.1 Å². The molecule has 2 heterocycles. The third-order valence-corrected chi connectivity index (χ3v) is 3.28. The molecule has 0 aliphatic heterocycles. The standard InChI is InChI=1S/C15H12FN3O4/c1-21-12-10(15(20)22-2)18-14(19-13(12)17)8-4-3-7-5-6-23-11(7)9(8)16/h3-6H,1-2H3,(H2,17,18,19). The summed E-state index contributed by atoms with van der Waals surface area (Å²) < 4.78 is 29.3. The molecule has 0 aliphatic carbocycles. The Hall–Kier alpha value is -3.16. The average Bonchev–Trinajstić information content (AvgIpc) is 3.03. The van der Waals surface area contributed by atoms with E-state index in [1.54, 1.807) is 12.1 Å². The molecule has 118 valence electrons. The molecule has 0 radical (unpaired) electrons. The van der Waals surface area contributed by atoms with Crippen molar-refractivity contribution >= 4 is 22.8 Å². The molecule has 0 spiro atoms. The Labute approximate surface area is 129 Å². The van der Waals surface area contributed by atoms with Crippen LogP contribution in [0.2, 0.25) is 0 Å². The molecule has 0 bridgehead atoms. The van der Waals surface area contributed by atoms with Crippen molar-refractivity contribution in [2.75, 3.05) is 20.0 Å². The number of methoxy groups -OCH3 is 2. The normalized spacial score (nSPS) is 10.7. The zero-order valence-electron chi connectivity index (χ0n) is 12.3. The van der Waals surface area contributed by atoms with Crippen LogP contribution < -0.4 is 10.5 Å². The summed E-state index contributed by atoms with van der Waals surface area (Å²) in [5, 5.41) is 0.598. The molecular formula is C15H12FN3O4. The largest absolute Gasteiger partial charge is 0.491 e. The highest BCUT2D eigenvalue weighted by atomic mass is 19.1. The second-order valence-corrected chi connectivity index (χ2v) is 4.57. The van der Waals surface area contributed by atoms with E-state index in [-0.39, 0.29) is 34.2 Å². The number of nitrogens with two attached hydrogens (primary N) is 1. The number of benzene rings is 1. The first-order chi connectivity index (χ1) is 11.1. The summed E-state index contributed by atoms with van der Waals surface area (Å²) in [6.07, 6.45) is 1.38. The van der Waals surface area contributed by atoms with E-state index in [1.807, 2.05) is 0 Å². The monoisotopic (exact) mass is 317 g/mol. The Morgan fingerprint density at radius 1 is 1.26 bits per heavy atom. The second-order valence-electron chi connectivity index (χ2n) is 4.57. The van der Waals surface area contributed by atoms with Gasteiger partial charge in [-0.2, -0.15) is 0 Å². The number of carbonyl (C=O) groups excluding carboxylic acids is 1. The van der Waals surface area contributed by atoms with Crippen LogP contribution in [0.1, 0.15) is 10.5 Å². The fourth-order valence-corrected chi connectivity index (χ4v) is 2.19. The fraction of sp³-hybridized carbons (Fsp3) is 0.133. The van der Waals surface area contributed by atoms with E-state index in [2.05, 4.69) is 14.7 Å². The minimum Gasteiger partial charge on any atom is -0.491 e. The summed E-state index contributed by atoms with van der Waals surface area (Å²) in [4.78, 5) is 19.8. The van der Waals surface area contributed by atoms with Crippen LogP contribution in [0.25, 0.3) is 22.4 Å². The lowest BCUT2D eigenvalue weighted by Gasteiger charge is -2.11. The van der Waals surface area contributed by atoms with Gasteiger partial charge in [-0.3, -0.25) is 0 Å². The molecule has 0 atom stereocenters. The van der Waals surface area contributed by atoms with Crippen LogP contribution in [0.4, 0.5) is 10.2 Å². The number of aromatic nitrogens is 2. The lowest BCUT2D eigenvalue weighted by Crippen LogP contribution is -2.12. The van der Waals surface area contributed by atoms with Gasteiger partial charge in [0.1, 0.15) is 0 Å². The third-order valence-electron chi connectivity index (χ3n) is 3.28. The molecule has 0 amide bonds. The second kappa shape index (κ2) is 5.56. The summed E-state index contributed by atoms with van der Waals surface area (Å²) in [6.45, 7) is 0. The van der Waals surface area contributed by atoms with Crippen molar-refractivity contribution in [3.8, 4) is 17.1 Å². The minimum absolute atomic E-state index is 0.0277. The van der Waals surface area contributed by atoms with E-state index in [0.717, 1.165) is 0 Å². The van der Waals surface area contributed by atoms with Gasteiger partial charge in [-0.1, -0.05) is 6.07 Å². The quantitative estimate of drug-likeness (QED) is 0.740. The summed E-state index contributed by atoms with van der Waals surface area (Å²) in [5.41, 5.74) is 5.71. The van der Waals surface area contributed by atoms with Crippen LogP contribution in [-0.2, 0) is 4.74 Å². The topological polar surface area (TPSA) is 100 Å². The number of ether oxygens (including phenoxy) is 2. The molecule has 0 unspecified atom stereocenters. The van der Waals surface area contributed by atoms with Crippen molar-refractivity contribution in [3.63, 3.8) is 0 Å². The lowest BCUT2D eigenvalue weighted by atomic mass is 10.1. The highest BCUT2D eigenvalue weighted by Crippen LogP contribution is 2.31. The molecule has 8 heteroatoms. The Bertz CT molecular complexity index is 907. The molecule has 0 aliphatic rings. The predicted octanol–water partition coefficient (Wildman–Crippen LogP) is 2.41. The first kappa shape index (κ1) is 14.8. The molecule has 0 saturated carbocycles. The molecular weight excluding hydrogens is 305 g/mol. The molecule has 1 aromatic carbocycles. The highest BCUT2D eigenvalue weighted by molar-refractivity contribution is 5.93. The molecule has 3 aromatic rings. The molecule has 2 N–H and O–H groups in total. The number of carbonyl (C=O) groups is 1. The lowest BCUT2D eigenvalue weighted by molar-refractivity contribution is 0.0590. The van der Waals surface area contributed by atoms with Gasteiger partial charge in [0.25, 0.3) is 0 Å². The van der Waals surface area contributed by atoms with Crippen LogP contribution in [0.5, 0.6) is 5.75 Å². The average molecular weight is 317 g/mol. The van der Waals surface area contributed by atoms with E-state index in [0.29, 0.717) is 5.39 Å². The summed E-state index contributed by atoms with van der Waals surface area (Å²) in [6, 6.07) is 4.76. The predicted molar refractivity (Wildman–Crippen MR) is 79.5 cm³/mol. The maximum atomic E-state index is 14.6. The Morgan fingerprint density at radius 3 is 2.74 bits per heavy atom. The highest BCUT2D eigenvalue weighted by Gasteiger charge is 2.23. The zero-order valence-corrected chi connectivity index (χ0v) is 12.3. The van der Waals surface area contributed by atoms with Gasteiger partial charge in [0, 0.05) is 5.39 Å². The Balaban J connectivity index is 2.24. The first-order valence-electron chi connectivity index (χ1n) is 6.52. The number of rotatable bonds is 3. The van der Waals surface area contributed by atoms with E-state index in [9.17, 15) is 9.18 Å². The first-order valence-corrected chi connectivity index (χ1v) is 6.52. The third kappa shape index (κ3) is 2.33. The number of fused-ring (bicyclic) bond motifs is 1.